The fourth-order valence-electron chi connectivity index (χ4n) is 0.598. The van der Waals surface area contributed by atoms with E-state index < -0.39 is 0 Å². The van der Waals surface area contributed by atoms with Crippen LogP contribution in [0.1, 0.15) is 6.92 Å². The van der Waals surface area contributed by atoms with Gasteiger partial charge in [-0.1, -0.05) is 24.1 Å². The van der Waals surface area contributed by atoms with E-state index in [0.29, 0.717) is 0 Å². The Balaban J connectivity index is 2.64. The van der Waals surface area contributed by atoms with Crippen molar-refractivity contribution in [2.45, 2.75) is 6.92 Å². The smallest absolute Gasteiger partial charge is 0.140 e. The van der Waals surface area contributed by atoms with Crippen LogP contribution in [0.2, 0.25) is 0 Å². The van der Waals surface area contributed by atoms with E-state index in [-0.39, 0.29) is 0 Å². The molecule has 0 spiro atoms. The SMILES string of the molecule is CC#COc1ccccc1. The summed E-state index contributed by atoms with van der Waals surface area (Å²) in [4.78, 5) is 0. The predicted molar refractivity (Wildman–Crippen MR) is 40.5 cm³/mol. The molecule has 1 aromatic rings. The quantitative estimate of drug-likeness (QED) is 0.531. The minimum Gasteiger partial charge on any atom is -0.408 e. The zero-order valence-corrected chi connectivity index (χ0v) is 5.79. The van der Waals surface area contributed by atoms with Crippen molar-refractivity contribution < 1.29 is 4.74 Å². The molecule has 0 aromatic heterocycles. The average molecular weight is 132 g/mol. The lowest BCUT2D eigenvalue weighted by molar-refractivity contribution is 0.519. The van der Waals surface area contributed by atoms with Gasteiger partial charge in [-0.15, -0.1) is 0 Å². The predicted octanol–water partition coefficient (Wildman–Crippen LogP) is 2.05. The third-order valence-corrected chi connectivity index (χ3v) is 1.01. The lowest BCUT2D eigenvalue weighted by Crippen LogP contribution is -1.79. The van der Waals surface area contributed by atoms with E-state index in [2.05, 4.69) is 12.0 Å². The molecule has 0 saturated carbocycles. The molecule has 1 nitrogen and oxygen atoms in total. The summed E-state index contributed by atoms with van der Waals surface area (Å²) in [5.41, 5.74) is 0. The van der Waals surface area contributed by atoms with Crippen molar-refractivity contribution >= 4 is 0 Å². The zero-order valence-electron chi connectivity index (χ0n) is 5.79. The fourth-order valence-corrected chi connectivity index (χ4v) is 0.598. The summed E-state index contributed by atoms with van der Waals surface area (Å²) in [6.07, 6.45) is 2.51. The minimum absolute atomic E-state index is 0.789. The molecule has 0 aliphatic carbocycles. The molecule has 0 radical (unpaired) electrons. The number of hydrogen-bond donors (Lipinski definition) is 0. The molecular formula is C9H8O. The maximum absolute atomic E-state index is 4.99. The van der Waals surface area contributed by atoms with Gasteiger partial charge in [0, 0.05) is 6.92 Å². The van der Waals surface area contributed by atoms with Crippen LogP contribution in [-0.2, 0) is 0 Å². The lowest BCUT2D eigenvalue weighted by Gasteiger charge is -1.92. The number of rotatable bonds is 1. The van der Waals surface area contributed by atoms with E-state index in [9.17, 15) is 0 Å². The van der Waals surface area contributed by atoms with Crippen molar-refractivity contribution in [3.05, 3.63) is 30.3 Å². The van der Waals surface area contributed by atoms with Gasteiger partial charge in [-0.3, -0.25) is 0 Å². The molecule has 0 fully saturated rings. The zero-order chi connectivity index (χ0) is 7.23. The van der Waals surface area contributed by atoms with Gasteiger partial charge in [0.1, 0.15) is 11.9 Å². The van der Waals surface area contributed by atoms with Crippen molar-refractivity contribution in [1.29, 1.82) is 0 Å². The van der Waals surface area contributed by atoms with Gasteiger partial charge in [-0.2, -0.15) is 0 Å². The summed E-state index contributed by atoms with van der Waals surface area (Å²) in [7, 11) is 0. The molecule has 1 aromatic carbocycles. The molecule has 1 rings (SSSR count). The highest BCUT2D eigenvalue weighted by molar-refractivity contribution is 5.22. The Morgan fingerprint density at radius 1 is 1.20 bits per heavy atom. The van der Waals surface area contributed by atoms with Crippen LogP contribution in [0.4, 0.5) is 0 Å². The summed E-state index contributed by atoms with van der Waals surface area (Å²) in [5.74, 6) is 3.43. The second-order valence-electron chi connectivity index (χ2n) is 1.77. The molecule has 0 atom stereocenters. The molecule has 0 heterocycles. The molecule has 10 heavy (non-hydrogen) atoms. The maximum Gasteiger partial charge on any atom is 0.140 e. The molecule has 0 aliphatic heterocycles. The maximum atomic E-state index is 4.99. The Labute approximate surface area is 60.6 Å². The van der Waals surface area contributed by atoms with Crippen molar-refractivity contribution in [3.8, 4) is 17.8 Å². The summed E-state index contributed by atoms with van der Waals surface area (Å²) in [5, 5.41) is 0. The monoisotopic (exact) mass is 132 g/mol. The summed E-state index contributed by atoms with van der Waals surface area (Å²) in [6, 6.07) is 9.49. The highest BCUT2D eigenvalue weighted by atomic mass is 16.5. The second-order valence-corrected chi connectivity index (χ2v) is 1.77. The van der Waals surface area contributed by atoms with E-state index in [1.54, 1.807) is 6.92 Å². The van der Waals surface area contributed by atoms with E-state index in [1.165, 1.54) is 0 Å². The first kappa shape index (κ1) is 6.70. The molecular weight excluding hydrogens is 124 g/mol. The van der Waals surface area contributed by atoms with Crippen molar-refractivity contribution in [2.75, 3.05) is 0 Å². The van der Waals surface area contributed by atoms with Crippen molar-refractivity contribution in [2.24, 2.45) is 0 Å². The normalized spacial score (nSPS) is 7.70. The van der Waals surface area contributed by atoms with Crippen molar-refractivity contribution in [3.63, 3.8) is 0 Å². The molecule has 0 amide bonds. The van der Waals surface area contributed by atoms with Crippen LogP contribution in [0.3, 0.4) is 0 Å². The second kappa shape index (κ2) is 3.58. The van der Waals surface area contributed by atoms with Crippen LogP contribution < -0.4 is 4.74 Å². The highest BCUT2D eigenvalue weighted by Gasteiger charge is 1.83. The van der Waals surface area contributed by atoms with Crippen LogP contribution >= 0.6 is 0 Å². The number of benzene rings is 1. The number of ether oxygens (including phenoxy) is 1. The van der Waals surface area contributed by atoms with E-state index in [1.807, 2.05) is 30.3 Å². The standard InChI is InChI=1S/C9H8O/c1-2-8-10-9-6-4-3-5-7-9/h3-7H,1H3. The molecule has 0 bridgehead atoms. The molecule has 1 heteroatoms. The third kappa shape index (κ3) is 1.83. The van der Waals surface area contributed by atoms with Gasteiger partial charge >= 0.3 is 0 Å². The Kier molecular flexibility index (Phi) is 2.39. The average Bonchev–Trinajstić information content (AvgIpc) is 2.03. The molecule has 0 aliphatic rings. The summed E-state index contributed by atoms with van der Waals surface area (Å²) < 4.78 is 4.99. The fraction of sp³-hybridized carbons (Fsp3) is 0.111. The Hall–Kier alpha value is -1.42. The minimum atomic E-state index is 0.789. The van der Waals surface area contributed by atoms with E-state index >= 15 is 0 Å². The Morgan fingerprint density at radius 2 is 1.90 bits per heavy atom. The molecule has 0 unspecified atom stereocenters. The number of para-hydroxylation sites is 1. The Bertz CT molecular complexity index is 240. The molecule has 0 N–H and O–H groups in total. The van der Waals surface area contributed by atoms with E-state index in [0.717, 1.165) is 5.75 Å². The number of hydrogen-bond acceptors (Lipinski definition) is 1. The van der Waals surface area contributed by atoms with Crippen LogP contribution in [0.25, 0.3) is 0 Å². The summed E-state index contributed by atoms with van der Waals surface area (Å²) in [6.45, 7) is 1.74. The van der Waals surface area contributed by atoms with Gasteiger partial charge < -0.3 is 4.74 Å². The first-order valence-electron chi connectivity index (χ1n) is 3.07. The topological polar surface area (TPSA) is 9.23 Å². The van der Waals surface area contributed by atoms with Crippen LogP contribution in [0.15, 0.2) is 30.3 Å². The highest BCUT2D eigenvalue weighted by Crippen LogP contribution is 2.06. The van der Waals surface area contributed by atoms with Crippen molar-refractivity contribution in [1.82, 2.24) is 0 Å². The van der Waals surface area contributed by atoms with Gasteiger partial charge in [0.05, 0.1) is 0 Å². The first-order valence-corrected chi connectivity index (χ1v) is 3.07. The van der Waals surface area contributed by atoms with Gasteiger partial charge in [-0.25, -0.2) is 0 Å². The lowest BCUT2D eigenvalue weighted by atomic mass is 10.3. The van der Waals surface area contributed by atoms with Gasteiger partial charge in [0.15, 0.2) is 0 Å². The third-order valence-electron chi connectivity index (χ3n) is 1.01. The largest absolute Gasteiger partial charge is 0.408 e. The van der Waals surface area contributed by atoms with Gasteiger partial charge in [0.2, 0.25) is 0 Å². The van der Waals surface area contributed by atoms with Gasteiger partial charge in [0.25, 0.3) is 0 Å². The van der Waals surface area contributed by atoms with Crippen LogP contribution in [0, 0.1) is 12.0 Å². The van der Waals surface area contributed by atoms with Crippen LogP contribution in [0.5, 0.6) is 5.75 Å². The Morgan fingerprint density at radius 3 is 2.50 bits per heavy atom. The van der Waals surface area contributed by atoms with Crippen LogP contribution in [-0.4, -0.2) is 0 Å². The summed E-state index contributed by atoms with van der Waals surface area (Å²) >= 11 is 0. The van der Waals surface area contributed by atoms with Gasteiger partial charge in [-0.05, 0) is 12.1 Å². The molecule has 0 saturated heterocycles. The first-order chi connectivity index (χ1) is 4.93. The van der Waals surface area contributed by atoms with E-state index in [4.69, 9.17) is 4.74 Å². The molecule has 50 valence electrons.